The number of hydrogen-bond donors (Lipinski definition) is 0. The van der Waals surface area contributed by atoms with Gasteiger partial charge >= 0.3 is 6.16 Å². The fourth-order valence-corrected chi connectivity index (χ4v) is 2.93. The smallest absolute Gasteiger partial charge is 0.434 e. The minimum Gasteiger partial charge on any atom is -0.434 e. The second-order valence-electron chi connectivity index (χ2n) is 8.36. The first-order valence-corrected chi connectivity index (χ1v) is 10.3. The Labute approximate surface area is 178 Å². The van der Waals surface area contributed by atoms with Crippen LogP contribution in [0.3, 0.4) is 0 Å². The lowest BCUT2D eigenvalue weighted by atomic mass is 9.87. The monoisotopic (exact) mass is 416 g/mol. The molecule has 1 aromatic carbocycles. The average Bonchev–Trinajstić information content (AvgIpc) is 2.93. The van der Waals surface area contributed by atoms with Crippen molar-refractivity contribution in [2.24, 2.45) is 5.41 Å². The van der Waals surface area contributed by atoms with E-state index in [1.54, 1.807) is 47.1 Å². The topological polar surface area (TPSA) is 76.2 Å². The van der Waals surface area contributed by atoms with Crippen LogP contribution in [-0.4, -0.2) is 60.6 Å². The molecule has 1 heterocycles. The van der Waals surface area contributed by atoms with Gasteiger partial charge in [0, 0.05) is 37.8 Å². The number of rotatable bonds is 4. The van der Waals surface area contributed by atoms with Crippen LogP contribution in [0.2, 0.25) is 0 Å². The molecule has 2 amide bonds. The molecular weight excluding hydrogens is 384 g/mol. The van der Waals surface area contributed by atoms with Gasteiger partial charge in [-0.05, 0) is 49.9 Å². The molecule has 0 unspecified atom stereocenters. The van der Waals surface area contributed by atoms with Crippen molar-refractivity contribution in [1.82, 2.24) is 9.80 Å². The van der Waals surface area contributed by atoms with E-state index in [-0.39, 0.29) is 23.8 Å². The number of benzene rings is 1. The number of allylic oxidation sites excluding steroid dienone is 1. The lowest BCUT2D eigenvalue weighted by Gasteiger charge is -2.23. The van der Waals surface area contributed by atoms with Crippen LogP contribution >= 0.6 is 0 Å². The highest BCUT2D eigenvalue weighted by atomic mass is 16.7. The van der Waals surface area contributed by atoms with Gasteiger partial charge in [-0.1, -0.05) is 26.3 Å². The molecule has 0 N–H and O–H groups in total. The molecule has 0 saturated carbocycles. The summed E-state index contributed by atoms with van der Waals surface area (Å²) in [5, 5.41) is 0. The second-order valence-corrected chi connectivity index (χ2v) is 8.36. The predicted molar refractivity (Wildman–Crippen MR) is 114 cm³/mol. The molecule has 7 heteroatoms. The summed E-state index contributed by atoms with van der Waals surface area (Å²) >= 11 is 0. The van der Waals surface area contributed by atoms with Gasteiger partial charge in [-0.2, -0.15) is 0 Å². The van der Waals surface area contributed by atoms with Crippen molar-refractivity contribution in [3.8, 4) is 5.75 Å². The van der Waals surface area contributed by atoms with E-state index in [0.717, 1.165) is 12.0 Å². The van der Waals surface area contributed by atoms with Crippen molar-refractivity contribution in [3.63, 3.8) is 0 Å². The normalized spacial score (nSPS) is 15.4. The summed E-state index contributed by atoms with van der Waals surface area (Å²) in [6.45, 7) is 12.3. The lowest BCUT2D eigenvalue weighted by Crippen LogP contribution is -2.37. The quantitative estimate of drug-likeness (QED) is 0.423. The van der Waals surface area contributed by atoms with Gasteiger partial charge in [-0.25, -0.2) is 4.79 Å². The molecule has 0 atom stereocenters. The maximum atomic E-state index is 12.9. The fraction of sp³-hybridized carbons (Fsp3) is 0.522. The number of carbonyl (C=O) groups is 3. The van der Waals surface area contributed by atoms with Gasteiger partial charge in [0.25, 0.3) is 5.91 Å². The highest BCUT2D eigenvalue weighted by molar-refractivity contribution is 5.94. The first kappa shape index (κ1) is 23.4. The van der Waals surface area contributed by atoms with E-state index in [1.807, 2.05) is 6.92 Å². The predicted octanol–water partition coefficient (Wildman–Crippen LogP) is 3.89. The summed E-state index contributed by atoms with van der Waals surface area (Å²) in [6, 6.07) is 6.38. The zero-order valence-electron chi connectivity index (χ0n) is 18.6. The third-order valence-electron chi connectivity index (χ3n) is 5.18. The van der Waals surface area contributed by atoms with Gasteiger partial charge in [-0.15, -0.1) is 0 Å². The SMILES string of the molecule is CCOC(=O)Oc1ccc(C(=O)N2CCCN(C(=O)/C=C(\C)C(C)(C)C)CC2)cc1. The number of carbonyl (C=O) groups excluding carboxylic acids is 3. The Morgan fingerprint density at radius 2 is 1.60 bits per heavy atom. The molecule has 0 radical (unpaired) electrons. The second kappa shape index (κ2) is 10.3. The van der Waals surface area contributed by atoms with Gasteiger partial charge in [0.1, 0.15) is 5.75 Å². The Morgan fingerprint density at radius 3 is 2.20 bits per heavy atom. The Morgan fingerprint density at radius 1 is 1.00 bits per heavy atom. The Kier molecular flexibility index (Phi) is 8.03. The molecule has 164 valence electrons. The van der Waals surface area contributed by atoms with Crippen molar-refractivity contribution in [3.05, 3.63) is 41.5 Å². The summed E-state index contributed by atoms with van der Waals surface area (Å²) in [5.41, 5.74) is 1.50. The molecule has 1 fully saturated rings. The van der Waals surface area contributed by atoms with E-state index in [4.69, 9.17) is 9.47 Å². The summed E-state index contributed by atoms with van der Waals surface area (Å²) in [7, 11) is 0. The first-order chi connectivity index (χ1) is 14.1. The average molecular weight is 417 g/mol. The van der Waals surface area contributed by atoms with Gasteiger partial charge < -0.3 is 19.3 Å². The number of ether oxygens (including phenoxy) is 2. The molecule has 0 aromatic heterocycles. The van der Waals surface area contributed by atoms with Crippen LogP contribution < -0.4 is 4.74 Å². The third kappa shape index (κ3) is 6.61. The maximum Gasteiger partial charge on any atom is 0.513 e. The summed E-state index contributed by atoms with van der Waals surface area (Å²) in [4.78, 5) is 40.4. The number of hydrogen-bond acceptors (Lipinski definition) is 5. The molecule has 30 heavy (non-hydrogen) atoms. The van der Waals surface area contributed by atoms with Crippen LogP contribution in [0.25, 0.3) is 0 Å². The van der Waals surface area contributed by atoms with Crippen LogP contribution in [0.15, 0.2) is 35.9 Å². The van der Waals surface area contributed by atoms with Crippen molar-refractivity contribution in [2.75, 3.05) is 32.8 Å². The van der Waals surface area contributed by atoms with Gasteiger partial charge in [0.2, 0.25) is 5.91 Å². The first-order valence-electron chi connectivity index (χ1n) is 10.3. The van der Waals surface area contributed by atoms with E-state index in [9.17, 15) is 14.4 Å². The van der Waals surface area contributed by atoms with Crippen LogP contribution in [0.1, 0.15) is 51.4 Å². The molecule has 7 nitrogen and oxygen atoms in total. The summed E-state index contributed by atoms with van der Waals surface area (Å²) in [6.07, 6.45) is 1.66. The van der Waals surface area contributed by atoms with Gasteiger partial charge in [0.15, 0.2) is 0 Å². The van der Waals surface area contributed by atoms with Gasteiger partial charge in [0.05, 0.1) is 6.61 Å². The Balaban J connectivity index is 1.97. The van der Waals surface area contributed by atoms with E-state index < -0.39 is 6.16 Å². The maximum absolute atomic E-state index is 12.9. The zero-order chi connectivity index (χ0) is 22.3. The molecule has 0 aliphatic carbocycles. The Bertz CT molecular complexity index is 793. The minimum atomic E-state index is -0.774. The van der Waals surface area contributed by atoms with Crippen LogP contribution in [-0.2, 0) is 9.53 Å². The molecule has 1 aromatic rings. The highest BCUT2D eigenvalue weighted by Gasteiger charge is 2.23. The summed E-state index contributed by atoms with van der Waals surface area (Å²) in [5.74, 6) is 0.212. The lowest BCUT2D eigenvalue weighted by molar-refractivity contribution is -0.126. The highest BCUT2D eigenvalue weighted by Crippen LogP contribution is 2.24. The molecule has 2 rings (SSSR count). The molecule has 0 spiro atoms. The minimum absolute atomic E-state index is 0.00260. The standard InChI is InChI=1S/C23H32N2O5/c1-6-29-22(28)30-19-10-8-18(9-11-19)21(27)25-13-7-12-24(14-15-25)20(26)16-17(2)23(3,4)5/h8-11,16H,6-7,12-15H2,1-5H3/b17-16+. The molecule has 0 bridgehead atoms. The van der Waals surface area contributed by atoms with E-state index in [1.165, 1.54) is 0 Å². The number of amides is 2. The molecule has 1 saturated heterocycles. The Hall–Kier alpha value is -2.83. The van der Waals surface area contributed by atoms with Crippen molar-refractivity contribution in [2.45, 2.75) is 41.0 Å². The van der Waals surface area contributed by atoms with E-state index in [2.05, 4.69) is 20.8 Å². The van der Waals surface area contributed by atoms with Gasteiger partial charge in [-0.3, -0.25) is 9.59 Å². The molecular formula is C23H32N2O5. The van der Waals surface area contributed by atoms with Crippen LogP contribution in [0, 0.1) is 5.41 Å². The molecule has 1 aliphatic rings. The van der Waals surface area contributed by atoms with Crippen molar-refractivity contribution < 1.29 is 23.9 Å². The van der Waals surface area contributed by atoms with E-state index in [0.29, 0.717) is 37.5 Å². The molecule has 1 aliphatic heterocycles. The zero-order valence-corrected chi connectivity index (χ0v) is 18.6. The largest absolute Gasteiger partial charge is 0.513 e. The number of nitrogens with zero attached hydrogens (tertiary/aromatic N) is 2. The van der Waals surface area contributed by atoms with Crippen molar-refractivity contribution >= 4 is 18.0 Å². The van der Waals surface area contributed by atoms with E-state index >= 15 is 0 Å². The van der Waals surface area contributed by atoms with Crippen LogP contribution in [0.5, 0.6) is 5.75 Å². The third-order valence-corrected chi connectivity index (χ3v) is 5.18. The fourth-order valence-electron chi connectivity index (χ4n) is 2.93. The van der Waals surface area contributed by atoms with Crippen molar-refractivity contribution in [1.29, 1.82) is 0 Å². The summed E-state index contributed by atoms with van der Waals surface area (Å²) < 4.78 is 9.75. The van der Waals surface area contributed by atoms with Crippen LogP contribution in [0.4, 0.5) is 4.79 Å².